The van der Waals surface area contributed by atoms with Crippen LogP contribution in [-0.4, -0.2) is 46.2 Å². The molecule has 3 aromatic rings. The molecule has 26 heavy (non-hydrogen) atoms. The molecule has 0 saturated carbocycles. The van der Waals surface area contributed by atoms with E-state index in [1.165, 1.54) is 12.8 Å². The lowest BCUT2D eigenvalue weighted by Crippen LogP contribution is -2.33. The number of benzene rings is 1. The zero-order chi connectivity index (χ0) is 18.1. The summed E-state index contributed by atoms with van der Waals surface area (Å²) in [6.07, 6.45) is 4.22. The summed E-state index contributed by atoms with van der Waals surface area (Å²) in [7, 11) is 2.19. The lowest BCUT2D eigenvalue weighted by molar-refractivity contribution is 0.226. The van der Waals surface area contributed by atoms with Gasteiger partial charge in [-0.25, -0.2) is 4.98 Å². The smallest absolute Gasteiger partial charge is 0.172 e. The monoisotopic (exact) mass is 414 g/mol. The first kappa shape index (κ1) is 17.3. The number of nitrogens with two attached hydrogens (primary N) is 1. The van der Waals surface area contributed by atoms with Crippen LogP contribution < -0.4 is 11.1 Å². The first-order chi connectivity index (χ1) is 12.6. The second kappa shape index (κ2) is 7.25. The minimum Gasteiger partial charge on any atom is -0.398 e. The van der Waals surface area contributed by atoms with Crippen molar-refractivity contribution < 1.29 is 0 Å². The van der Waals surface area contributed by atoms with E-state index in [0.29, 0.717) is 5.92 Å². The number of nitrogens with zero attached hydrogens (tertiary/aromatic N) is 4. The second-order valence-electron chi connectivity index (χ2n) is 6.97. The van der Waals surface area contributed by atoms with Gasteiger partial charge in [0, 0.05) is 23.9 Å². The van der Waals surface area contributed by atoms with Gasteiger partial charge in [-0.2, -0.15) is 9.61 Å². The number of halogens is 1. The van der Waals surface area contributed by atoms with Crippen molar-refractivity contribution in [3.05, 3.63) is 41.0 Å². The molecule has 1 aliphatic rings. The molecular weight excluding hydrogens is 392 g/mol. The first-order valence-electron chi connectivity index (χ1n) is 8.93. The summed E-state index contributed by atoms with van der Waals surface area (Å²) in [5.41, 5.74) is 9.46. The van der Waals surface area contributed by atoms with Crippen molar-refractivity contribution in [2.24, 2.45) is 5.92 Å². The molecule has 0 atom stereocenters. The van der Waals surface area contributed by atoms with Gasteiger partial charge < -0.3 is 16.0 Å². The predicted octanol–water partition coefficient (Wildman–Crippen LogP) is 3.49. The average Bonchev–Trinajstić information content (AvgIpc) is 3.02. The Hall–Kier alpha value is -2.12. The normalized spacial score (nSPS) is 16.2. The van der Waals surface area contributed by atoms with Crippen molar-refractivity contribution in [2.45, 2.75) is 12.8 Å². The Morgan fingerprint density at radius 2 is 2.04 bits per heavy atom. The van der Waals surface area contributed by atoms with Crippen LogP contribution in [0.15, 0.2) is 41.0 Å². The van der Waals surface area contributed by atoms with Crippen LogP contribution in [0.25, 0.3) is 16.9 Å². The number of piperidine rings is 1. The van der Waals surface area contributed by atoms with Crippen LogP contribution >= 0.6 is 15.9 Å². The van der Waals surface area contributed by atoms with Crippen LogP contribution in [-0.2, 0) is 0 Å². The standard InChI is InChI=1S/C19H23BrN6/c1-25-8-6-13(7-9-25)11-22-18-10-17(14-4-2-3-5-16(14)21)24-19-15(20)12-23-26(18)19/h2-5,10,12-13,22H,6-9,11,21H2,1H3. The quantitative estimate of drug-likeness (QED) is 0.639. The third kappa shape index (κ3) is 3.41. The van der Waals surface area contributed by atoms with Crippen LogP contribution in [0, 0.1) is 5.92 Å². The average molecular weight is 415 g/mol. The maximum Gasteiger partial charge on any atom is 0.172 e. The largest absolute Gasteiger partial charge is 0.398 e. The van der Waals surface area contributed by atoms with Gasteiger partial charge in [0.25, 0.3) is 0 Å². The van der Waals surface area contributed by atoms with Crippen LogP contribution in [0.4, 0.5) is 11.5 Å². The molecule has 0 bridgehead atoms. The van der Waals surface area contributed by atoms with E-state index < -0.39 is 0 Å². The highest BCUT2D eigenvalue weighted by atomic mass is 79.9. The van der Waals surface area contributed by atoms with Crippen LogP contribution in [0.1, 0.15) is 12.8 Å². The van der Waals surface area contributed by atoms with Gasteiger partial charge >= 0.3 is 0 Å². The number of nitrogens with one attached hydrogen (secondary N) is 1. The Kier molecular flexibility index (Phi) is 4.82. The minimum absolute atomic E-state index is 0.679. The SMILES string of the molecule is CN1CCC(CNc2cc(-c3ccccc3N)nc3c(Br)cnn23)CC1. The second-order valence-corrected chi connectivity index (χ2v) is 7.82. The summed E-state index contributed by atoms with van der Waals surface area (Å²) >= 11 is 3.55. The number of likely N-dealkylation sites (tertiary alicyclic amines) is 1. The molecule has 7 heteroatoms. The maximum absolute atomic E-state index is 6.16. The third-order valence-electron chi connectivity index (χ3n) is 5.08. The number of fused-ring (bicyclic) bond motifs is 1. The van der Waals surface area contributed by atoms with Gasteiger partial charge in [-0.1, -0.05) is 18.2 Å². The summed E-state index contributed by atoms with van der Waals surface area (Å²) in [5, 5.41) is 8.05. The Morgan fingerprint density at radius 3 is 2.81 bits per heavy atom. The molecule has 1 fully saturated rings. The van der Waals surface area contributed by atoms with Crippen molar-refractivity contribution in [1.82, 2.24) is 19.5 Å². The van der Waals surface area contributed by atoms with E-state index in [2.05, 4.69) is 38.3 Å². The third-order valence-corrected chi connectivity index (χ3v) is 5.63. The lowest BCUT2D eigenvalue weighted by atomic mass is 9.97. The molecule has 0 spiro atoms. The molecule has 0 unspecified atom stereocenters. The van der Waals surface area contributed by atoms with E-state index in [9.17, 15) is 0 Å². The molecule has 3 heterocycles. The predicted molar refractivity (Wildman–Crippen MR) is 109 cm³/mol. The van der Waals surface area contributed by atoms with E-state index in [-0.39, 0.29) is 0 Å². The number of para-hydroxylation sites is 1. The topological polar surface area (TPSA) is 71.5 Å². The van der Waals surface area contributed by atoms with Gasteiger partial charge in [-0.3, -0.25) is 0 Å². The van der Waals surface area contributed by atoms with Crippen LogP contribution in [0.5, 0.6) is 0 Å². The van der Waals surface area contributed by atoms with Crippen molar-refractivity contribution in [2.75, 3.05) is 37.7 Å². The molecule has 3 N–H and O–H groups in total. The van der Waals surface area contributed by atoms with Crippen LogP contribution in [0.2, 0.25) is 0 Å². The number of aromatic nitrogens is 3. The summed E-state index contributed by atoms with van der Waals surface area (Å²) in [5.74, 6) is 1.62. The summed E-state index contributed by atoms with van der Waals surface area (Å²) in [4.78, 5) is 7.15. The molecule has 136 valence electrons. The molecule has 1 aliphatic heterocycles. The summed E-state index contributed by atoms with van der Waals surface area (Å²) in [6, 6.07) is 9.85. The summed E-state index contributed by atoms with van der Waals surface area (Å²) in [6.45, 7) is 3.27. The van der Waals surface area contributed by atoms with E-state index in [4.69, 9.17) is 10.7 Å². The van der Waals surface area contributed by atoms with E-state index in [1.54, 1.807) is 6.20 Å². The molecule has 1 aromatic carbocycles. The molecule has 6 nitrogen and oxygen atoms in total. The van der Waals surface area contributed by atoms with Crippen LogP contribution in [0.3, 0.4) is 0 Å². The van der Waals surface area contributed by atoms with Crippen molar-refractivity contribution >= 4 is 33.1 Å². The molecule has 0 radical (unpaired) electrons. The van der Waals surface area contributed by atoms with Crippen molar-refractivity contribution in [3.8, 4) is 11.3 Å². The number of hydrogen-bond acceptors (Lipinski definition) is 5. The summed E-state index contributed by atoms with van der Waals surface area (Å²) < 4.78 is 2.72. The highest BCUT2D eigenvalue weighted by molar-refractivity contribution is 9.10. The zero-order valence-corrected chi connectivity index (χ0v) is 16.4. The number of rotatable bonds is 4. The van der Waals surface area contributed by atoms with E-state index in [0.717, 1.165) is 52.5 Å². The van der Waals surface area contributed by atoms with Gasteiger partial charge in [0.2, 0.25) is 0 Å². The van der Waals surface area contributed by atoms with E-state index in [1.807, 2.05) is 34.8 Å². The molecule has 4 rings (SSSR count). The maximum atomic E-state index is 6.16. The van der Waals surface area contributed by atoms with Crippen molar-refractivity contribution in [3.63, 3.8) is 0 Å². The van der Waals surface area contributed by atoms with Gasteiger partial charge in [0.05, 0.1) is 16.4 Å². The fourth-order valence-electron chi connectivity index (χ4n) is 3.45. The molecule has 0 aliphatic carbocycles. The number of nitrogen functional groups attached to an aromatic ring is 1. The molecule has 0 amide bonds. The zero-order valence-electron chi connectivity index (χ0n) is 14.8. The fourth-order valence-corrected chi connectivity index (χ4v) is 3.79. The highest BCUT2D eigenvalue weighted by Crippen LogP contribution is 2.29. The van der Waals surface area contributed by atoms with Gasteiger partial charge in [0.1, 0.15) is 5.82 Å². The Bertz CT molecular complexity index is 914. The van der Waals surface area contributed by atoms with Gasteiger partial charge in [-0.15, -0.1) is 0 Å². The minimum atomic E-state index is 0.679. The number of hydrogen-bond donors (Lipinski definition) is 2. The fraction of sp³-hybridized carbons (Fsp3) is 0.368. The lowest BCUT2D eigenvalue weighted by Gasteiger charge is -2.29. The molecular formula is C19H23BrN6. The molecule has 2 aromatic heterocycles. The van der Waals surface area contributed by atoms with Gasteiger partial charge in [-0.05, 0) is 60.9 Å². The first-order valence-corrected chi connectivity index (χ1v) is 9.72. The van der Waals surface area contributed by atoms with Gasteiger partial charge in [0.15, 0.2) is 5.65 Å². The molecule has 1 saturated heterocycles. The highest BCUT2D eigenvalue weighted by Gasteiger charge is 2.18. The number of anilines is 2. The Morgan fingerprint density at radius 1 is 1.27 bits per heavy atom. The Balaban J connectivity index is 1.66. The van der Waals surface area contributed by atoms with E-state index >= 15 is 0 Å². The van der Waals surface area contributed by atoms with Crippen molar-refractivity contribution in [1.29, 1.82) is 0 Å². The Labute approximate surface area is 161 Å².